The molecule has 2 aliphatic rings. The fourth-order valence-electron chi connectivity index (χ4n) is 4.52. The Balaban J connectivity index is 1.87. The van der Waals surface area contributed by atoms with Gasteiger partial charge in [-0.3, -0.25) is 0 Å². The molecule has 4 atom stereocenters. The van der Waals surface area contributed by atoms with Crippen molar-refractivity contribution in [3.63, 3.8) is 0 Å². The van der Waals surface area contributed by atoms with Gasteiger partial charge < -0.3 is 10.2 Å². The molecule has 0 aromatic heterocycles. The molecule has 124 valence electrons. The van der Waals surface area contributed by atoms with Crippen LogP contribution in [-0.2, 0) is 0 Å². The third-order valence-corrected chi connectivity index (χ3v) is 5.87. The van der Waals surface area contributed by atoms with Crippen molar-refractivity contribution in [2.45, 2.75) is 90.1 Å². The molecule has 0 radical (unpaired) electrons. The summed E-state index contributed by atoms with van der Waals surface area (Å²) in [7, 11) is 2.39. The molecule has 2 rings (SSSR count). The molecule has 2 aliphatic carbocycles. The second-order valence-electron chi connectivity index (χ2n) is 7.82. The molecular weight excluding hydrogens is 256 g/mol. The van der Waals surface area contributed by atoms with Crippen molar-refractivity contribution < 1.29 is 0 Å². The molecule has 0 spiro atoms. The van der Waals surface area contributed by atoms with Gasteiger partial charge in [0.05, 0.1) is 0 Å². The molecule has 0 aromatic rings. The van der Waals surface area contributed by atoms with Gasteiger partial charge in [-0.1, -0.05) is 46.0 Å². The zero-order valence-electron chi connectivity index (χ0n) is 14.7. The average molecular weight is 295 g/mol. The van der Waals surface area contributed by atoms with Crippen LogP contribution < -0.4 is 5.32 Å². The first-order chi connectivity index (χ1) is 10.2. The Kier molecular flexibility index (Phi) is 7.53. The predicted octanol–water partition coefficient (Wildman–Crippen LogP) is 4.45. The summed E-state index contributed by atoms with van der Waals surface area (Å²) in [6, 6.07) is 1.62. The van der Waals surface area contributed by atoms with Crippen molar-refractivity contribution in [3.8, 4) is 0 Å². The predicted molar refractivity (Wildman–Crippen MR) is 92.7 cm³/mol. The van der Waals surface area contributed by atoms with Crippen LogP contribution in [0.2, 0.25) is 0 Å². The van der Waals surface area contributed by atoms with E-state index in [4.69, 9.17) is 0 Å². The van der Waals surface area contributed by atoms with Crippen LogP contribution >= 0.6 is 0 Å². The molecule has 2 heteroatoms. The summed E-state index contributed by atoms with van der Waals surface area (Å²) in [5, 5.41) is 3.85. The van der Waals surface area contributed by atoms with Crippen LogP contribution in [0.5, 0.6) is 0 Å². The van der Waals surface area contributed by atoms with E-state index in [9.17, 15) is 0 Å². The van der Waals surface area contributed by atoms with E-state index in [0.717, 1.165) is 23.9 Å². The summed E-state index contributed by atoms with van der Waals surface area (Å²) in [5.74, 6) is 1.82. The van der Waals surface area contributed by atoms with E-state index in [-0.39, 0.29) is 0 Å². The van der Waals surface area contributed by atoms with E-state index >= 15 is 0 Å². The molecule has 21 heavy (non-hydrogen) atoms. The SMILES string of the molecule is CCCNC1CCCCCC1CN(C)C1CCCC(C)C1. The summed E-state index contributed by atoms with van der Waals surface area (Å²) in [5.41, 5.74) is 0. The lowest BCUT2D eigenvalue weighted by Gasteiger charge is -2.38. The van der Waals surface area contributed by atoms with Gasteiger partial charge in [-0.25, -0.2) is 0 Å². The van der Waals surface area contributed by atoms with E-state index < -0.39 is 0 Å². The summed E-state index contributed by atoms with van der Waals surface area (Å²) in [6.45, 7) is 7.25. The smallest absolute Gasteiger partial charge is 0.0107 e. The summed E-state index contributed by atoms with van der Waals surface area (Å²) < 4.78 is 0. The van der Waals surface area contributed by atoms with Crippen LogP contribution in [0.1, 0.15) is 78.1 Å². The van der Waals surface area contributed by atoms with Gasteiger partial charge in [0.1, 0.15) is 0 Å². The average Bonchev–Trinajstić information content (AvgIpc) is 2.70. The van der Waals surface area contributed by atoms with Crippen LogP contribution in [0, 0.1) is 11.8 Å². The minimum Gasteiger partial charge on any atom is -0.314 e. The van der Waals surface area contributed by atoms with E-state index in [1.165, 1.54) is 77.3 Å². The first-order valence-corrected chi connectivity index (χ1v) is 9.64. The highest BCUT2D eigenvalue weighted by atomic mass is 15.1. The number of nitrogens with zero attached hydrogens (tertiary/aromatic N) is 1. The normalized spacial score (nSPS) is 34.9. The van der Waals surface area contributed by atoms with Crippen LogP contribution in [-0.4, -0.2) is 37.1 Å². The maximum atomic E-state index is 3.85. The minimum absolute atomic E-state index is 0.774. The lowest BCUT2D eigenvalue weighted by Crippen LogP contribution is -2.45. The number of hydrogen-bond donors (Lipinski definition) is 1. The number of hydrogen-bond acceptors (Lipinski definition) is 2. The van der Waals surface area contributed by atoms with Gasteiger partial charge in [0, 0.05) is 18.6 Å². The molecule has 0 aromatic carbocycles. The van der Waals surface area contributed by atoms with Crippen molar-refractivity contribution in [1.29, 1.82) is 0 Å². The van der Waals surface area contributed by atoms with Crippen LogP contribution in [0.3, 0.4) is 0 Å². The Morgan fingerprint density at radius 2 is 1.81 bits per heavy atom. The maximum absolute atomic E-state index is 3.85. The molecule has 0 aliphatic heterocycles. The zero-order chi connectivity index (χ0) is 15.1. The van der Waals surface area contributed by atoms with E-state index in [0.29, 0.717) is 0 Å². The molecule has 1 N–H and O–H groups in total. The van der Waals surface area contributed by atoms with Gasteiger partial charge >= 0.3 is 0 Å². The molecule has 2 saturated carbocycles. The second kappa shape index (κ2) is 9.15. The monoisotopic (exact) mass is 294 g/mol. The molecule has 0 amide bonds. The van der Waals surface area contributed by atoms with Crippen LogP contribution in [0.25, 0.3) is 0 Å². The summed E-state index contributed by atoms with van der Waals surface area (Å²) in [4.78, 5) is 2.71. The van der Waals surface area contributed by atoms with Gasteiger partial charge in [-0.05, 0) is 57.5 Å². The lowest BCUT2D eigenvalue weighted by atomic mass is 9.85. The van der Waals surface area contributed by atoms with Crippen molar-refractivity contribution in [3.05, 3.63) is 0 Å². The van der Waals surface area contributed by atoms with Gasteiger partial charge in [0.15, 0.2) is 0 Å². The Morgan fingerprint density at radius 3 is 2.57 bits per heavy atom. The standard InChI is InChI=1S/C19H38N2/c1-4-13-20-19-12-7-5-6-10-17(19)15-21(3)18-11-8-9-16(2)14-18/h16-20H,4-15H2,1-3H3. The van der Waals surface area contributed by atoms with Crippen molar-refractivity contribution >= 4 is 0 Å². The Hall–Kier alpha value is -0.0800. The fourth-order valence-corrected chi connectivity index (χ4v) is 4.52. The Bertz CT molecular complexity index is 279. The van der Waals surface area contributed by atoms with Crippen LogP contribution in [0.4, 0.5) is 0 Å². The van der Waals surface area contributed by atoms with E-state index in [1.54, 1.807) is 0 Å². The molecule has 0 bridgehead atoms. The molecule has 0 heterocycles. The fraction of sp³-hybridized carbons (Fsp3) is 1.00. The van der Waals surface area contributed by atoms with Gasteiger partial charge in [-0.2, -0.15) is 0 Å². The van der Waals surface area contributed by atoms with Gasteiger partial charge in [0.25, 0.3) is 0 Å². The highest BCUT2D eigenvalue weighted by Gasteiger charge is 2.28. The summed E-state index contributed by atoms with van der Waals surface area (Å²) in [6.07, 6.45) is 14.2. The molecule has 0 saturated heterocycles. The topological polar surface area (TPSA) is 15.3 Å². The lowest BCUT2D eigenvalue weighted by molar-refractivity contribution is 0.129. The van der Waals surface area contributed by atoms with E-state index in [2.05, 4.69) is 31.1 Å². The molecule has 2 nitrogen and oxygen atoms in total. The first kappa shape index (κ1) is 17.3. The molecule has 4 unspecified atom stereocenters. The van der Waals surface area contributed by atoms with Crippen molar-refractivity contribution in [1.82, 2.24) is 10.2 Å². The minimum atomic E-state index is 0.774. The third-order valence-electron chi connectivity index (χ3n) is 5.87. The molecular formula is C19H38N2. The maximum Gasteiger partial charge on any atom is 0.0107 e. The quantitative estimate of drug-likeness (QED) is 0.728. The van der Waals surface area contributed by atoms with Crippen LogP contribution in [0.15, 0.2) is 0 Å². The molecule has 2 fully saturated rings. The van der Waals surface area contributed by atoms with E-state index in [1.807, 2.05) is 0 Å². The summed E-state index contributed by atoms with van der Waals surface area (Å²) >= 11 is 0. The zero-order valence-corrected chi connectivity index (χ0v) is 14.7. The van der Waals surface area contributed by atoms with Gasteiger partial charge in [0.2, 0.25) is 0 Å². The first-order valence-electron chi connectivity index (χ1n) is 9.64. The second-order valence-corrected chi connectivity index (χ2v) is 7.82. The Morgan fingerprint density at radius 1 is 1.00 bits per heavy atom. The third kappa shape index (κ3) is 5.56. The highest BCUT2D eigenvalue weighted by molar-refractivity contribution is 4.84. The van der Waals surface area contributed by atoms with Gasteiger partial charge in [-0.15, -0.1) is 0 Å². The largest absolute Gasteiger partial charge is 0.314 e. The van der Waals surface area contributed by atoms with Crippen molar-refractivity contribution in [2.75, 3.05) is 20.1 Å². The van der Waals surface area contributed by atoms with Crippen molar-refractivity contribution in [2.24, 2.45) is 11.8 Å². The number of rotatable bonds is 6. The number of nitrogens with one attached hydrogen (secondary N) is 1. The Labute approximate surface area is 133 Å². The highest BCUT2D eigenvalue weighted by Crippen LogP contribution is 2.29.